The Balaban J connectivity index is 1.87. The summed E-state index contributed by atoms with van der Waals surface area (Å²) in [5.74, 6) is 1.42. The zero-order valence-electron chi connectivity index (χ0n) is 11.5. The van der Waals surface area contributed by atoms with Crippen LogP contribution in [0.3, 0.4) is 0 Å². The van der Waals surface area contributed by atoms with Crippen molar-refractivity contribution in [2.75, 3.05) is 31.6 Å². The van der Waals surface area contributed by atoms with E-state index in [0.717, 1.165) is 25.6 Å². The van der Waals surface area contributed by atoms with Gasteiger partial charge < -0.3 is 15.0 Å². The van der Waals surface area contributed by atoms with Crippen molar-refractivity contribution >= 4 is 5.69 Å². The Bertz CT molecular complexity index is 364. The molecule has 1 atom stereocenters. The molecule has 1 aromatic rings. The highest BCUT2D eigenvalue weighted by molar-refractivity contribution is 5.46. The number of nitrogens with zero attached hydrogens (tertiary/aromatic N) is 2. The zero-order chi connectivity index (χ0) is 13.0. The van der Waals surface area contributed by atoms with Crippen molar-refractivity contribution in [1.29, 1.82) is 0 Å². The predicted molar refractivity (Wildman–Crippen MR) is 74.2 cm³/mol. The molecular formula is C14H23N3O. The lowest BCUT2D eigenvalue weighted by atomic mass is 10.1. The summed E-state index contributed by atoms with van der Waals surface area (Å²) in [7, 11) is 1.64. The van der Waals surface area contributed by atoms with Crippen LogP contribution in [0.25, 0.3) is 0 Å². The van der Waals surface area contributed by atoms with Gasteiger partial charge in [-0.1, -0.05) is 13.8 Å². The van der Waals surface area contributed by atoms with Crippen molar-refractivity contribution in [3.63, 3.8) is 0 Å². The molecule has 4 nitrogen and oxygen atoms in total. The summed E-state index contributed by atoms with van der Waals surface area (Å²) in [6, 6.07) is 4.58. The van der Waals surface area contributed by atoms with E-state index in [1.807, 2.05) is 12.3 Å². The normalized spacial score (nSPS) is 19.6. The highest BCUT2D eigenvalue weighted by Gasteiger charge is 2.22. The van der Waals surface area contributed by atoms with E-state index < -0.39 is 0 Å². The molecule has 1 aliphatic heterocycles. The van der Waals surface area contributed by atoms with E-state index in [4.69, 9.17) is 4.74 Å². The van der Waals surface area contributed by atoms with Crippen molar-refractivity contribution in [3.05, 3.63) is 18.3 Å². The van der Waals surface area contributed by atoms with E-state index in [-0.39, 0.29) is 0 Å². The number of nitrogens with one attached hydrogen (secondary N) is 1. The van der Waals surface area contributed by atoms with Crippen LogP contribution in [-0.4, -0.2) is 37.8 Å². The lowest BCUT2D eigenvalue weighted by Gasteiger charge is -2.19. The molecule has 1 fully saturated rings. The molecule has 0 aliphatic carbocycles. The number of hydrogen-bond acceptors (Lipinski definition) is 4. The molecule has 1 N–H and O–H groups in total. The van der Waals surface area contributed by atoms with Crippen molar-refractivity contribution in [2.45, 2.75) is 26.3 Å². The van der Waals surface area contributed by atoms with Crippen molar-refractivity contribution in [3.8, 4) is 5.88 Å². The second kappa shape index (κ2) is 6.05. The second-order valence-electron chi connectivity index (χ2n) is 5.22. The average molecular weight is 249 g/mol. The topological polar surface area (TPSA) is 37.4 Å². The third kappa shape index (κ3) is 3.35. The molecule has 0 amide bonds. The van der Waals surface area contributed by atoms with Gasteiger partial charge in [0.15, 0.2) is 0 Å². The third-order valence-corrected chi connectivity index (χ3v) is 3.40. The first kappa shape index (κ1) is 13.1. The Morgan fingerprint density at radius 2 is 2.33 bits per heavy atom. The van der Waals surface area contributed by atoms with Gasteiger partial charge in [-0.2, -0.15) is 0 Å². The highest BCUT2D eigenvalue weighted by atomic mass is 16.5. The minimum absolute atomic E-state index is 0.571. The monoisotopic (exact) mass is 249 g/mol. The summed E-state index contributed by atoms with van der Waals surface area (Å²) in [6.07, 6.45) is 3.16. The van der Waals surface area contributed by atoms with Crippen LogP contribution < -0.4 is 15.0 Å². The molecule has 0 aromatic carbocycles. The van der Waals surface area contributed by atoms with Gasteiger partial charge in [-0.05, 0) is 24.9 Å². The van der Waals surface area contributed by atoms with Crippen molar-refractivity contribution < 1.29 is 4.74 Å². The fraction of sp³-hybridized carbons (Fsp3) is 0.643. The first-order chi connectivity index (χ1) is 8.69. The summed E-state index contributed by atoms with van der Waals surface area (Å²) in [6.45, 7) is 7.74. The van der Waals surface area contributed by atoms with Crippen molar-refractivity contribution in [2.24, 2.45) is 5.92 Å². The van der Waals surface area contributed by atoms with E-state index >= 15 is 0 Å². The van der Waals surface area contributed by atoms with Crippen LogP contribution in [0.15, 0.2) is 18.3 Å². The van der Waals surface area contributed by atoms with Crippen LogP contribution in [0.4, 0.5) is 5.69 Å². The molecular weight excluding hydrogens is 226 g/mol. The Morgan fingerprint density at radius 3 is 2.94 bits per heavy atom. The van der Waals surface area contributed by atoms with Gasteiger partial charge in [-0.3, -0.25) is 0 Å². The summed E-state index contributed by atoms with van der Waals surface area (Å²) >= 11 is 0. The maximum Gasteiger partial charge on any atom is 0.213 e. The molecule has 0 radical (unpaired) electrons. The lowest BCUT2D eigenvalue weighted by molar-refractivity contribution is 0.398. The molecule has 100 valence electrons. The minimum Gasteiger partial charge on any atom is -0.481 e. The van der Waals surface area contributed by atoms with Gasteiger partial charge in [0.25, 0.3) is 0 Å². The molecule has 0 saturated carbocycles. The Labute approximate surface area is 109 Å². The minimum atomic E-state index is 0.571. The molecule has 2 rings (SSSR count). The summed E-state index contributed by atoms with van der Waals surface area (Å²) < 4.78 is 5.08. The van der Waals surface area contributed by atoms with Gasteiger partial charge in [0.2, 0.25) is 5.88 Å². The van der Waals surface area contributed by atoms with Crippen LogP contribution in [0.1, 0.15) is 20.3 Å². The van der Waals surface area contributed by atoms with E-state index in [1.165, 1.54) is 12.1 Å². The molecule has 1 aromatic heterocycles. The fourth-order valence-corrected chi connectivity index (χ4v) is 2.32. The van der Waals surface area contributed by atoms with Gasteiger partial charge in [0, 0.05) is 25.2 Å². The lowest BCUT2D eigenvalue weighted by Crippen LogP contribution is -2.30. The van der Waals surface area contributed by atoms with Crippen LogP contribution in [0, 0.1) is 5.92 Å². The number of hydrogen-bond donors (Lipinski definition) is 1. The molecule has 1 aliphatic rings. The van der Waals surface area contributed by atoms with E-state index in [1.54, 1.807) is 7.11 Å². The molecule has 1 saturated heterocycles. The van der Waals surface area contributed by atoms with Crippen LogP contribution in [-0.2, 0) is 0 Å². The molecule has 18 heavy (non-hydrogen) atoms. The Hall–Kier alpha value is -1.29. The van der Waals surface area contributed by atoms with Crippen LogP contribution in [0.5, 0.6) is 5.88 Å². The maximum absolute atomic E-state index is 5.08. The standard InChI is InChI=1S/C14H23N3O/c1-11(2)15-8-12-6-7-17(10-12)13-4-5-14(18-3)16-9-13/h4-5,9,11-12,15H,6-8,10H2,1-3H3. The summed E-state index contributed by atoms with van der Waals surface area (Å²) in [5, 5.41) is 3.52. The molecule has 1 unspecified atom stereocenters. The molecule has 2 heterocycles. The number of methoxy groups -OCH3 is 1. The fourth-order valence-electron chi connectivity index (χ4n) is 2.32. The number of aromatic nitrogens is 1. The number of ether oxygens (including phenoxy) is 1. The van der Waals surface area contributed by atoms with Gasteiger partial charge in [0.1, 0.15) is 0 Å². The van der Waals surface area contributed by atoms with Gasteiger partial charge in [-0.15, -0.1) is 0 Å². The number of pyridine rings is 1. The largest absolute Gasteiger partial charge is 0.481 e. The van der Waals surface area contributed by atoms with Gasteiger partial charge >= 0.3 is 0 Å². The second-order valence-corrected chi connectivity index (χ2v) is 5.22. The van der Waals surface area contributed by atoms with E-state index in [9.17, 15) is 0 Å². The Kier molecular flexibility index (Phi) is 4.42. The Morgan fingerprint density at radius 1 is 1.50 bits per heavy atom. The number of anilines is 1. The van der Waals surface area contributed by atoms with Crippen LogP contribution >= 0.6 is 0 Å². The summed E-state index contributed by atoms with van der Waals surface area (Å²) in [4.78, 5) is 6.66. The summed E-state index contributed by atoms with van der Waals surface area (Å²) in [5.41, 5.74) is 1.20. The van der Waals surface area contributed by atoms with E-state index in [0.29, 0.717) is 11.9 Å². The highest BCUT2D eigenvalue weighted by Crippen LogP contribution is 2.23. The van der Waals surface area contributed by atoms with Crippen LogP contribution in [0.2, 0.25) is 0 Å². The average Bonchev–Trinajstić information content (AvgIpc) is 2.85. The molecule has 4 heteroatoms. The van der Waals surface area contributed by atoms with Crippen molar-refractivity contribution in [1.82, 2.24) is 10.3 Å². The third-order valence-electron chi connectivity index (χ3n) is 3.40. The molecule has 0 spiro atoms. The van der Waals surface area contributed by atoms with E-state index in [2.05, 4.69) is 35.1 Å². The zero-order valence-corrected chi connectivity index (χ0v) is 11.5. The predicted octanol–water partition coefficient (Wildman–Crippen LogP) is 1.91. The molecule has 0 bridgehead atoms. The quantitative estimate of drug-likeness (QED) is 0.865. The van der Waals surface area contributed by atoms with Gasteiger partial charge in [-0.25, -0.2) is 4.98 Å². The SMILES string of the molecule is COc1ccc(N2CCC(CNC(C)C)C2)cn1. The smallest absolute Gasteiger partial charge is 0.213 e. The van der Waals surface area contributed by atoms with Gasteiger partial charge in [0.05, 0.1) is 19.0 Å². The number of rotatable bonds is 5. The maximum atomic E-state index is 5.08. The first-order valence-corrected chi connectivity index (χ1v) is 6.67. The first-order valence-electron chi connectivity index (χ1n) is 6.67.